The molecule has 0 aliphatic heterocycles. The normalized spacial score (nSPS) is 10.0. The van der Waals surface area contributed by atoms with Gasteiger partial charge in [0.25, 0.3) is 5.69 Å². The van der Waals surface area contributed by atoms with Crippen LogP contribution in [-0.2, 0) is 6.54 Å². The van der Waals surface area contributed by atoms with Crippen LogP contribution in [0.3, 0.4) is 0 Å². The van der Waals surface area contributed by atoms with Crippen molar-refractivity contribution in [1.29, 1.82) is 0 Å². The molecule has 116 valence electrons. The third-order valence-corrected chi connectivity index (χ3v) is 2.71. The highest BCUT2D eigenvalue weighted by molar-refractivity contribution is 5.73. The molecule has 0 unspecified atom stereocenters. The molecule has 0 atom stereocenters. The van der Waals surface area contributed by atoms with Crippen LogP contribution in [0.15, 0.2) is 18.2 Å². The number of rotatable bonds is 7. The zero-order valence-electron chi connectivity index (χ0n) is 12.4. The van der Waals surface area contributed by atoms with Gasteiger partial charge in [-0.05, 0) is 11.6 Å². The minimum Gasteiger partial charge on any atom is -0.496 e. The van der Waals surface area contributed by atoms with Gasteiger partial charge in [0.2, 0.25) is 0 Å². The van der Waals surface area contributed by atoms with Gasteiger partial charge in [-0.1, -0.05) is 0 Å². The van der Waals surface area contributed by atoms with Gasteiger partial charge in [0.05, 0.1) is 18.1 Å². The molecule has 0 aliphatic carbocycles. The lowest BCUT2D eigenvalue weighted by Gasteiger charge is -2.12. The van der Waals surface area contributed by atoms with Crippen LogP contribution < -0.4 is 15.4 Å². The second kappa shape index (κ2) is 8.05. The molecule has 0 aromatic heterocycles. The predicted molar refractivity (Wildman–Crippen MR) is 78.4 cm³/mol. The third-order valence-electron chi connectivity index (χ3n) is 2.71. The highest BCUT2D eigenvalue weighted by Crippen LogP contribution is 2.22. The topological polar surface area (TPSA) is 96.7 Å². The Morgan fingerprint density at radius 2 is 2.05 bits per heavy atom. The van der Waals surface area contributed by atoms with Crippen LogP contribution in [0.25, 0.3) is 0 Å². The lowest BCUT2D eigenvalue weighted by Crippen LogP contribution is -2.38. The summed E-state index contributed by atoms with van der Waals surface area (Å²) in [7, 11) is 4.79. The van der Waals surface area contributed by atoms with Gasteiger partial charge in [-0.15, -0.1) is 0 Å². The number of nitro benzene ring substituents is 1. The largest absolute Gasteiger partial charge is 0.496 e. The summed E-state index contributed by atoms with van der Waals surface area (Å²) in [4.78, 5) is 23.1. The molecule has 1 aromatic rings. The summed E-state index contributed by atoms with van der Waals surface area (Å²) in [6.45, 7) is 1.49. The van der Waals surface area contributed by atoms with Gasteiger partial charge in [-0.25, -0.2) is 4.79 Å². The molecule has 0 heterocycles. The molecule has 1 aromatic carbocycles. The number of nitrogens with one attached hydrogen (secondary N) is 2. The number of ether oxygens (including phenoxy) is 1. The second-order valence-corrected chi connectivity index (χ2v) is 4.60. The van der Waals surface area contributed by atoms with E-state index in [9.17, 15) is 14.9 Å². The van der Waals surface area contributed by atoms with Gasteiger partial charge in [0, 0.05) is 39.8 Å². The Kier molecular flexibility index (Phi) is 6.41. The zero-order valence-corrected chi connectivity index (χ0v) is 12.4. The lowest BCUT2D eigenvalue weighted by molar-refractivity contribution is -0.385. The van der Waals surface area contributed by atoms with Crippen molar-refractivity contribution < 1.29 is 14.5 Å². The number of carbonyl (C=O) groups is 1. The van der Waals surface area contributed by atoms with E-state index < -0.39 is 4.92 Å². The van der Waals surface area contributed by atoms with E-state index in [0.717, 1.165) is 5.56 Å². The monoisotopic (exact) mass is 296 g/mol. The van der Waals surface area contributed by atoms with E-state index >= 15 is 0 Å². The quantitative estimate of drug-likeness (QED) is 0.444. The first-order valence-corrected chi connectivity index (χ1v) is 6.42. The van der Waals surface area contributed by atoms with Crippen molar-refractivity contribution in [2.75, 3.05) is 34.3 Å². The predicted octanol–water partition coefficient (Wildman–Crippen LogP) is 0.964. The Bertz CT molecular complexity index is 505. The highest BCUT2D eigenvalue weighted by atomic mass is 16.6. The summed E-state index contributed by atoms with van der Waals surface area (Å²) in [5.41, 5.74) is 0.743. The summed E-state index contributed by atoms with van der Waals surface area (Å²) in [6.07, 6.45) is 0. The van der Waals surface area contributed by atoms with E-state index in [4.69, 9.17) is 4.74 Å². The number of amides is 2. The van der Waals surface area contributed by atoms with Crippen molar-refractivity contribution in [3.05, 3.63) is 33.9 Å². The molecule has 2 N–H and O–H groups in total. The van der Waals surface area contributed by atoms with E-state index in [1.54, 1.807) is 20.2 Å². The van der Waals surface area contributed by atoms with Gasteiger partial charge in [-0.3, -0.25) is 10.1 Å². The Labute approximate surface area is 123 Å². The number of non-ortho nitro benzene ring substituents is 1. The van der Waals surface area contributed by atoms with Crippen LogP contribution in [-0.4, -0.2) is 50.1 Å². The van der Waals surface area contributed by atoms with Gasteiger partial charge in [-0.2, -0.15) is 0 Å². The Morgan fingerprint density at radius 1 is 1.33 bits per heavy atom. The molecular formula is C13H20N4O4. The van der Waals surface area contributed by atoms with Gasteiger partial charge < -0.3 is 20.3 Å². The molecule has 0 aliphatic rings. The molecule has 0 fully saturated rings. The van der Waals surface area contributed by atoms with E-state index in [1.165, 1.54) is 24.1 Å². The molecule has 0 saturated heterocycles. The molecule has 8 nitrogen and oxygen atoms in total. The van der Waals surface area contributed by atoms with E-state index in [0.29, 0.717) is 25.4 Å². The minimum atomic E-state index is -0.455. The first-order chi connectivity index (χ1) is 9.93. The van der Waals surface area contributed by atoms with Crippen molar-refractivity contribution in [3.8, 4) is 5.75 Å². The number of carbonyl (C=O) groups excluding carboxylic acids is 1. The van der Waals surface area contributed by atoms with Gasteiger partial charge in [0.1, 0.15) is 5.75 Å². The van der Waals surface area contributed by atoms with Crippen LogP contribution in [0.2, 0.25) is 0 Å². The molecule has 0 saturated carbocycles. The van der Waals surface area contributed by atoms with Crippen molar-refractivity contribution in [2.24, 2.45) is 0 Å². The molecule has 2 amide bonds. The molecule has 1 rings (SSSR count). The number of nitro groups is 1. The number of hydrogen-bond acceptors (Lipinski definition) is 5. The zero-order chi connectivity index (χ0) is 15.8. The van der Waals surface area contributed by atoms with Crippen molar-refractivity contribution >= 4 is 11.7 Å². The summed E-state index contributed by atoms with van der Waals surface area (Å²) >= 11 is 0. The van der Waals surface area contributed by atoms with E-state index in [1.807, 2.05) is 0 Å². The Hall–Kier alpha value is -2.35. The number of nitrogens with zero attached hydrogens (tertiary/aromatic N) is 2. The Balaban J connectivity index is 2.46. The van der Waals surface area contributed by atoms with Crippen molar-refractivity contribution in [1.82, 2.24) is 15.5 Å². The van der Waals surface area contributed by atoms with Crippen LogP contribution in [0, 0.1) is 10.1 Å². The maximum atomic E-state index is 11.3. The standard InChI is InChI=1S/C13H20N4O4/c1-16(2)13(18)15-5-4-14-9-10-6-11(17(19)20)8-12(7-10)21-3/h6-8,14H,4-5,9H2,1-3H3,(H,15,18). The van der Waals surface area contributed by atoms with Crippen LogP contribution in [0.4, 0.5) is 10.5 Å². The van der Waals surface area contributed by atoms with Crippen molar-refractivity contribution in [3.63, 3.8) is 0 Å². The fourth-order valence-electron chi connectivity index (χ4n) is 1.62. The second-order valence-electron chi connectivity index (χ2n) is 4.60. The molecular weight excluding hydrogens is 276 g/mol. The fraction of sp³-hybridized carbons (Fsp3) is 0.462. The first kappa shape index (κ1) is 16.7. The van der Waals surface area contributed by atoms with Crippen LogP contribution >= 0.6 is 0 Å². The number of methoxy groups -OCH3 is 1. The van der Waals surface area contributed by atoms with Crippen LogP contribution in [0.5, 0.6) is 5.75 Å². The SMILES string of the molecule is COc1cc(CNCCNC(=O)N(C)C)cc([N+](=O)[O-])c1. The number of hydrogen-bond donors (Lipinski definition) is 2. The van der Waals surface area contributed by atoms with Crippen LogP contribution in [0.1, 0.15) is 5.56 Å². The summed E-state index contributed by atoms with van der Waals surface area (Å²) < 4.78 is 5.04. The maximum absolute atomic E-state index is 11.3. The molecule has 0 radical (unpaired) electrons. The average Bonchev–Trinajstić information content (AvgIpc) is 2.46. The Morgan fingerprint density at radius 3 is 2.62 bits per heavy atom. The first-order valence-electron chi connectivity index (χ1n) is 6.42. The van der Waals surface area contributed by atoms with E-state index in [2.05, 4.69) is 10.6 Å². The average molecular weight is 296 g/mol. The third kappa shape index (κ3) is 5.65. The maximum Gasteiger partial charge on any atom is 0.316 e. The highest BCUT2D eigenvalue weighted by Gasteiger charge is 2.10. The smallest absolute Gasteiger partial charge is 0.316 e. The summed E-state index contributed by atoms with van der Waals surface area (Å²) in [5, 5.41) is 16.6. The molecule has 21 heavy (non-hydrogen) atoms. The lowest BCUT2D eigenvalue weighted by atomic mass is 10.2. The minimum absolute atomic E-state index is 0.00735. The summed E-state index contributed by atoms with van der Waals surface area (Å²) in [5.74, 6) is 0.446. The summed E-state index contributed by atoms with van der Waals surface area (Å²) in [6, 6.07) is 4.45. The number of benzene rings is 1. The number of urea groups is 1. The van der Waals surface area contributed by atoms with Crippen molar-refractivity contribution in [2.45, 2.75) is 6.54 Å². The van der Waals surface area contributed by atoms with Gasteiger partial charge in [0.15, 0.2) is 0 Å². The fourth-order valence-corrected chi connectivity index (χ4v) is 1.62. The molecule has 8 heteroatoms. The molecule has 0 bridgehead atoms. The van der Waals surface area contributed by atoms with Gasteiger partial charge >= 0.3 is 6.03 Å². The van der Waals surface area contributed by atoms with E-state index in [-0.39, 0.29) is 11.7 Å². The molecule has 0 spiro atoms.